The summed E-state index contributed by atoms with van der Waals surface area (Å²) in [7, 11) is 0. The van der Waals surface area contributed by atoms with Gasteiger partial charge in [0.25, 0.3) is 0 Å². The summed E-state index contributed by atoms with van der Waals surface area (Å²) in [5.74, 6) is 2.98. The van der Waals surface area contributed by atoms with E-state index in [9.17, 15) is 0 Å². The number of aliphatic hydroxyl groups is 1. The first-order valence-electron chi connectivity index (χ1n) is 4.55. The van der Waals surface area contributed by atoms with Crippen LogP contribution >= 0.6 is 0 Å². The van der Waals surface area contributed by atoms with Gasteiger partial charge in [0, 0.05) is 13.2 Å². The molecule has 12 heavy (non-hydrogen) atoms. The number of nitrogens with one attached hydrogen (secondary N) is 1. The highest BCUT2D eigenvalue weighted by molar-refractivity contribution is 4.98. The fourth-order valence-corrected chi connectivity index (χ4v) is 0.941. The van der Waals surface area contributed by atoms with Crippen LogP contribution in [0, 0.1) is 18.3 Å². The summed E-state index contributed by atoms with van der Waals surface area (Å²) in [6, 6.07) is 0.170. The third-order valence-electron chi connectivity index (χ3n) is 1.80. The van der Waals surface area contributed by atoms with Crippen LogP contribution in [-0.4, -0.2) is 24.3 Å². The van der Waals surface area contributed by atoms with Crippen molar-refractivity contribution >= 4 is 0 Å². The lowest BCUT2D eigenvalue weighted by Crippen LogP contribution is -2.32. The minimum absolute atomic E-state index is 0.170. The van der Waals surface area contributed by atoms with Gasteiger partial charge in [0.15, 0.2) is 0 Å². The number of terminal acetylenes is 1. The second kappa shape index (κ2) is 7.15. The molecule has 2 atom stereocenters. The van der Waals surface area contributed by atoms with Gasteiger partial charge >= 0.3 is 0 Å². The second-order valence-corrected chi connectivity index (χ2v) is 3.20. The summed E-state index contributed by atoms with van der Waals surface area (Å²) >= 11 is 0. The second-order valence-electron chi connectivity index (χ2n) is 3.20. The molecular formula is C10H19NO. The first-order valence-corrected chi connectivity index (χ1v) is 4.55. The smallest absolute Gasteiger partial charge is 0.0686 e. The largest absolute Gasteiger partial charge is 0.396 e. The summed E-state index contributed by atoms with van der Waals surface area (Å²) in [5, 5.41) is 12.0. The fraction of sp³-hybridized carbons (Fsp3) is 0.800. The maximum Gasteiger partial charge on any atom is 0.0686 e. The van der Waals surface area contributed by atoms with Gasteiger partial charge in [-0.05, 0) is 12.3 Å². The first kappa shape index (κ1) is 11.5. The molecule has 2 N–H and O–H groups in total. The molecule has 0 aromatic rings. The molecule has 70 valence electrons. The van der Waals surface area contributed by atoms with Gasteiger partial charge in [0.05, 0.1) is 6.04 Å². The summed E-state index contributed by atoms with van der Waals surface area (Å²) in [6.07, 6.45) is 7.41. The van der Waals surface area contributed by atoms with Crippen LogP contribution in [0.2, 0.25) is 0 Å². The molecule has 0 saturated carbocycles. The van der Waals surface area contributed by atoms with E-state index in [0.717, 1.165) is 19.4 Å². The highest BCUT2D eigenvalue weighted by Gasteiger charge is 2.04. The Bertz CT molecular complexity index is 139. The Morgan fingerprint density at radius 3 is 2.67 bits per heavy atom. The van der Waals surface area contributed by atoms with E-state index in [2.05, 4.69) is 18.2 Å². The average molecular weight is 169 g/mol. The molecule has 0 aliphatic rings. The molecule has 0 spiro atoms. The molecule has 0 aromatic carbocycles. The van der Waals surface area contributed by atoms with Crippen LogP contribution in [0.3, 0.4) is 0 Å². The zero-order valence-corrected chi connectivity index (χ0v) is 8.01. The van der Waals surface area contributed by atoms with Gasteiger partial charge in [-0.1, -0.05) is 26.2 Å². The third-order valence-corrected chi connectivity index (χ3v) is 1.80. The molecule has 0 aliphatic carbocycles. The van der Waals surface area contributed by atoms with Crippen molar-refractivity contribution in [2.24, 2.45) is 5.92 Å². The molecular weight excluding hydrogens is 150 g/mol. The Labute approximate surface area is 75.4 Å². The molecule has 2 nitrogen and oxygen atoms in total. The van der Waals surface area contributed by atoms with Crippen molar-refractivity contribution in [2.75, 3.05) is 13.2 Å². The van der Waals surface area contributed by atoms with Crippen LogP contribution in [0.4, 0.5) is 0 Å². The molecule has 2 heteroatoms. The summed E-state index contributed by atoms with van der Waals surface area (Å²) in [6.45, 7) is 5.12. The number of hydrogen-bond acceptors (Lipinski definition) is 2. The number of rotatable bonds is 6. The Hall–Kier alpha value is -0.520. The zero-order valence-electron chi connectivity index (χ0n) is 8.01. The predicted molar refractivity (Wildman–Crippen MR) is 51.8 cm³/mol. The maximum atomic E-state index is 8.76. The standard InChI is InChI=1S/C10H19NO/c1-4-6-10(5-2)11-7-9(3)8-12/h2,9-12H,4,6-8H2,1,3H3. The average Bonchev–Trinajstić information content (AvgIpc) is 2.11. The van der Waals surface area contributed by atoms with E-state index in [1.165, 1.54) is 0 Å². The quantitative estimate of drug-likeness (QED) is 0.582. The zero-order chi connectivity index (χ0) is 9.40. The van der Waals surface area contributed by atoms with Gasteiger partial charge < -0.3 is 10.4 Å². The van der Waals surface area contributed by atoms with Crippen LogP contribution in [-0.2, 0) is 0 Å². The SMILES string of the molecule is C#CC(CCC)NCC(C)CO. The van der Waals surface area contributed by atoms with Crippen molar-refractivity contribution in [3.05, 3.63) is 0 Å². The third kappa shape index (κ3) is 5.17. The van der Waals surface area contributed by atoms with Crippen molar-refractivity contribution in [2.45, 2.75) is 32.7 Å². The summed E-state index contributed by atoms with van der Waals surface area (Å²) in [4.78, 5) is 0. The van der Waals surface area contributed by atoms with Crippen molar-refractivity contribution in [1.82, 2.24) is 5.32 Å². The molecule has 0 heterocycles. The molecule has 0 aliphatic heterocycles. The first-order chi connectivity index (χ1) is 5.74. The van der Waals surface area contributed by atoms with E-state index in [0.29, 0.717) is 0 Å². The molecule has 0 rings (SSSR count). The fourth-order valence-electron chi connectivity index (χ4n) is 0.941. The van der Waals surface area contributed by atoms with Crippen LogP contribution in [0.15, 0.2) is 0 Å². The van der Waals surface area contributed by atoms with E-state index >= 15 is 0 Å². The number of hydrogen-bond donors (Lipinski definition) is 2. The number of aliphatic hydroxyl groups excluding tert-OH is 1. The maximum absolute atomic E-state index is 8.76. The van der Waals surface area contributed by atoms with Gasteiger partial charge in [-0.25, -0.2) is 0 Å². The van der Waals surface area contributed by atoms with Crippen LogP contribution in [0.5, 0.6) is 0 Å². The minimum Gasteiger partial charge on any atom is -0.396 e. The Balaban J connectivity index is 3.52. The highest BCUT2D eigenvalue weighted by atomic mass is 16.3. The van der Waals surface area contributed by atoms with Crippen molar-refractivity contribution < 1.29 is 5.11 Å². The monoisotopic (exact) mass is 169 g/mol. The Morgan fingerprint density at radius 2 is 2.25 bits per heavy atom. The van der Waals surface area contributed by atoms with Crippen LogP contribution in [0.25, 0.3) is 0 Å². The van der Waals surface area contributed by atoms with Gasteiger partial charge in [-0.3, -0.25) is 0 Å². The topological polar surface area (TPSA) is 32.3 Å². The lowest BCUT2D eigenvalue weighted by molar-refractivity contribution is 0.232. The molecule has 0 saturated heterocycles. The Morgan fingerprint density at radius 1 is 1.58 bits per heavy atom. The van der Waals surface area contributed by atoms with Crippen molar-refractivity contribution in [3.8, 4) is 12.3 Å². The van der Waals surface area contributed by atoms with Gasteiger partial charge in [-0.15, -0.1) is 6.42 Å². The molecule has 0 amide bonds. The molecule has 2 unspecified atom stereocenters. The molecule has 0 fully saturated rings. The predicted octanol–water partition coefficient (Wildman–Crippen LogP) is 1.01. The van der Waals surface area contributed by atoms with Crippen LogP contribution < -0.4 is 5.32 Å². The summed E-state index contributed by atoms with van der Waals surface area (Å²) < 4.78 is 0. The van der Waals surface area contributed by atoms with E-state index < -0.39 is 0 Å². The van der Waals surface area contributed by atoms with E-state index in [1.54, 1.807) is 0 Å². The van der Waals surface area contributed by atoms with Gasteiger partial charge in [0.2, 0.25) is 0 Å². The minimum atomic E-state index is 0.170. The highest BCUT2D eigenvalue weighted by Crippen LogP contribution is 1.96. The lowest BCUT2D eigenvalue weighted by Gasteiger charge is -2.14. The van der Waals surface area contributed by atoms with E-state index in [1.807, 2.05) is 6.92 Å². The van der Waals surface area contributed by atoms with Crippen molar-refractivity contribution in [1.29, 1.82) is 0 Å². The summed E-state index contributed by atoms with van der Waals surface area (Å²) in [5.41, 5.74) is 0. The van der Waals surface area contributed by atoms with Crippen molar-refractivity contribution in [3.63, 3.8) is 0 Å². The molecule has 0 bridgehead atoms. The van der Waals surface area contributed by atoms with E-state index in [-0.39, 0.29) is 18.6 Å². The lowest BCUT2D eigenvalue weighted by atomic mass is 10.1. The van der Waals surface area contributed by atoms with E-state index in [4.69, 9.17) is 11.5 Å². The molecule has 0 aromatic heterocycles. The Kier molecular flexibility index (Phi) is 6.84. The van der Waals surface area contributed by atoms with Crippen LogP contribution in [0.1, 0.15) is 26.7 Å². The normalized spacial score (nSPS) is 15.2. The van der Waals surface area contributed by atoms with Gasteiger partial charge in [0.1, 0.15) is 0 Å². The molecule has 0 radical (unpaired) electrons. The van der Waals surface area contributed by atoms with Gasteiger partial charge in [-0.2, -0.15) is 0 Å².